The van der Waals surface area contributed by atoms with Gasteiger partial charge in [-0.2, -0.15) is 13.8 Å². The van der Waals surface area contributed by atoms with E-state index in [-0.39, 0.29) is 17.3 Å². The fourth-order valence-corrected chi connectivity index (χ4v) is 1.64. The monoisotopic (exact) mass is 285 g/mol. The molecule has 0 aliphatic rings. The van der Waals surface area contributed by atoms with Crippen molar-refractivity contribution in [2.75, 3.05) is 6.61 Å². The molecule has 0 aliphatic carbocycles. The van der Waals surface area contributed by atoms with Crippen LogP contribution in [0.15, 0.2) is 29.1 Å². The molecule has 0 fully saturated rings. The van der Waals surface area contributed by atoms with E-state index in [9.17, 15) is 8.78 Å². The Balaban J connectivity index is 2.29. The molecule has 1 atom stereocenters. The molecule has 1 aromatic carbocycles. The third kappa shape index (κ3) is 3.21. The summed E-state index contributed by atoms with van der Waals surface area (Å²) in [6.07, 6.45) is 1.16. The van der Waals surface area contributed by atoms with E-state index in [2.05, 4.69) is 19.4 Å². The van der Waals surface area contributed by atoms with E-state index < -0.39 is 12.7 Å². The van der Waals surface area contributed by atoms with Gasteiger partial charge in [-0.15, -0.1) is 0 Å². The van der Waals surface area contributed by atoms with Crippen molar-refractivity contribution in [3.63, 3.8) is 0 Å². The van der Waals surface area contributed by atoms with E-state index in [1.54, 1.807) is 13.0 Å². The Kier molecular flexibility index (Phi) is 4.46. The quantitative estimate of drug-likeness (QED) is 0.875. The summed E-state index contributed by atoms with van der Waals surface area (Å²) in [6, 6.07) is 3.78. The zero-order chi connectivity index (χ0) is 14.5. The second kappa shape index (κ2) is 6.29. The third-order valence-electron chi connectivity index (χ3n) is 2.50. The molecule has 108 valence electrons. The molecule has 1 heterocycles. The fraction of sp³-hybridized carbons (Fsp3) is 0.333. The van der Waals surface area contributed by atoms with Gasteiger partial charge in [0.2, 0.25) is 6.39 Å². The van der Waals surface area contributed by atoms with Crippen LogP contribution in [-0.4, -0.2) is 23.4 Å². The summed E-state index contributed by atoms with van der Waals surface area (Å²) in [7, 11) is 0. The maximum absolute atomic E-state index is 12.3. The molecule has 2 aromatic rings. The van der Waals surface area contributed by atoms with Crippen LogP contribution < -0.4 is 15.2 Å². The van der Waals surface area contributed by atoms with Crippen molar-refractivity contribution >= 4 is 0 Å². The number of nitrogens with two attached hydrogens (primary N) is 1. The van der Waals surface area contributed by atoms with Gasteiger partial charge in [0, 0.05) is 0 Å². The number of nitrogens with zero attached hydrogens (tertiary/aromatic N) is 2. The van der Waals surface area contributed by atoms with Gasteiger partial charge in [-0.25, -0.2) is 0 Å². The molecule has 8 heteroatoms. The molecule has 0 radical (unpaired) electrons. The van der Waals surface area contributed by atoms with Crippen LogP contribution in [0.3, 0.4) is 0 Å². The van der Waals surface area contributed by atoms with Crippen molar-refractivity contribution in [3.8, 4) is 11.5 Å². The predicted molar refractivity (Wildman–Crippen MR) is 64.6 cm³/mol. The lowest BCUT2D eigenvalue weighted by molar-refractivity contribution is -0.0514. The number of alkyl halides is 2. The Labute approximate surface area is 113 Å². The van der Waals surface area contributed by atoms with Gasteiger partial charge < -0.3 is 19.7 Å². The Morgan fingerprint density at radius 2 is 2.15 bits per heavy atom. The van der Waals surface area contributed by atoms with E-state index in [1.807, 2.05) is 0 Å². The van der Waals surface area contributed by atoms with E-state index in [1.165, 1.54) is 12.1 Å². The van der Waals surface area contributed by atoms with Crippen molar-refractivity contribution < 1.29 is 22.8 Å². The first kappa shape index (κ1) is 14.2. The van der Waals surface area contributed by atoms with E-state index in [4.69, 9.17) is 10.5 Å². The van der Waals surface area contributed by atoms with E-state index in [0.29, 0.717) is 12.2 Å². The maximum atomic E-state index is 12.3. The number of rotatable bonds is 6. The molecule has 0 amide bonds. The summed E-state index contributed by atoms with van der Waals surface area (Å²) in [4.78, 5) is 3.84. The van der Waals surface area contributed by atoms with Crippen molar-refractivity contribution in [1.82, 2.24) is 10.1 Å². The van der Waals surface area contributed by atoms with Crippen LogP contribution in [0.1, 0.15) is 24.4 Å². The SMILES string of the molecule is CCOc1cc(C(N)c2ncon2)ccc1OC(F)F. The number of hydrogen-bond acceptors (Lipinski definition) is 6. The standard InChI is InChI=1S/C12H13F2N3O3/c1-2-18-9-5-7(3-4-8(9)20-12(13)14)10(15)11-16-6-19-17-11/h3-6,10,12H,2,15H2,1H3. The van der Waals surface area contributed by atoms with Gasteiger partial charge >= 0.3 is 6.61 Å². The van der Waals surface area contributed by atoms with Gasteiger partial charge in [0.15, 0.2) is 17.3 Å². The first-order valence-corrected chi connectivity index (χ1v) is 5.85. The molecule has 2 rings (SSSR count). The lowest BCUT2D eigenvalue weighted by Gasteiger charge is -2.14. The van der Waals surface area contributed by atoms with Gasteiger partial charge in [-0.3, -0.25) is 0 Å². The summed E-state index contributed by atoms with van der Waals surface area (Å²) in [5.74, 6) is 0.421. The van der Waals surface area contributed by atoms with Crippen LogP contribution in [0.4, 0.5) is 8.78 Å². The van der Waals surface area contributed by atoms with Crippen LogP contribution in [0.2, 0.25) is 0 Å². The fourth-order valence-electron chi connectivity index (χ4n) is 1.64. The Hall–Kier alpha value is -2.22. The van der Waals surface area contributed by atoms with Crippen molar-refractivity contribution in [3.05, 3.63) is 36.0 Å². The number of ether oxygens (including phenoxy) is 2. The second-order valence-electron chi connectivity index (χ2n) is 3.78. The molecule has 2 N–H and O–H groups in total. The molecule has 0 saturated heterocycles. The summed E-state index contributed by atoms with van der Waals surface area (Å²) < 4.78 is 38.8. The van der Waals surface area contributed by atoms with Gasteiger partial charge in [0.05, 0.1) is 12.6 Å². The normalized spacial score (nSPS) is 12.4. The maximum Gasteiger partial charge on any atom is 0.387 e. The average molecular weight is 285 g/mol. The lowest BCUT2D eigenvalue weighted by Crippen LogP contribution is -2.14. The molecule has 6 nitrogen and oxygen atoms in total. The van der Waals surface area contributed by atoms with Gasteiger partial charge in [0.1, 0.15) is 0 Å². The van der Waals surface area contributed by atoms with Gasteiger partial charge in [-0.05, 0) is 24.6 Å². The average Bonchev–Trinajstić information content (AvgIpc) is 2.93. The molecule has 0 spiro atoms. The number of aromatic nitrogens is 2. The van der Waals surface area contributed by atoms with Crippen LogP contribution in [-0.2, 0) is 0 Å². The number of benzene rings is 1. The minimum absolute atomic E-state index is 0.0501. The summed E-state index contributed by atoms with van der Waals surface area (Å²) in [5.41, 5.74) is 6.54. The zero-order valence-electron chi connectivity index (χ0n) is 10.6. The highest BCUT2D eigenvalue weighted by Crippen LogP contribution is 2.32. The van der Waals surface area contributed by atoms with Gasteiger partial charge in [0.25, 0.3) is 0 Å². The number of halogens is 2. The first-order valence-electron chi connectivity index (χ1n) is 5.85. The molecule has 0 saturated carbocycles. The van der Waals surface area contributed by atoms with Crippen molar-refractivity contribution in [1.29, 1.82) is 0 Å². The third-order valence-corrected chi connectivity index (χ3v) is 2.50. The molecular formula is C12H13F2N3O3. The van der Waals surface area contributed by atoms with Crippen molar-refractivity contribution in [2.45, 2.75) is 19.6 Å². The minimum Gasteiger partial charge on any atom is -0.490 e. The predicted octanol–water partition coefficient (Wildman–Crippen LogP) is 2.12. The Morgan fingerprint density at radius 1 is 1.35 bits per heavy atom. The van der Waals surface area contributed by atoms with E-state index >= 15 is 0 Å². The molecule has 1 unspecified atom stereocenters. The molecular weight excluding hydrogens is 272 g/mol. The Bertz CT molecular complexity index is 549. The zero-order valence-corrected chi connectivity index (χ0v) is 10.6. The highest BCUT2D eigenvalue weighted by Gasteiger charge is 2.17. The topological polar surface area (TPSA) is 83.4 Å². The van der Waals surface area contributed by atoms with E-state index in [0.717, 1.165) is 6.39 Å². The summed E-state index contributed by atoms with van der Waals surface area (Å²) in [5, 5.41) is 3.64. The molecule has 0 bridgehead atoms. The summed E-state index contributed by atoms with van der Waals surface area (Å²) in [6.45, 7) is -0.885. The van der Waals surface area contributed by atoms with Gasteiger partial charge in [-0.1, -0.05) is 11.2 Å². The van der Waals surface area contributed by atoms with Crippen LogP contribution in [0.25, 0.3) is 0 Å². The van der Waals surface area contributed by atoms with Crippen LogP contribution in [0.5, 0.6) is 11.5 Å². The summed E-state index contributed by atoms with van der Waals surface area (Å²) >= 11 is 0. The first-order chi connectivity index (χ1) is 9.61. The highest BCUT2D eigenvalue weighted by atomic mass is 19.3. The Morgan fingerprint density at radius 3 is 2.75 bits per heavy atom. The van der Waals surface area contributed by atoms with Crippen LogP contribution >= 0.6 is 0 Å². The number of hydrogen-bond donors (Lipinski definition) is 1. The highest BCUT2D eigenvalue weighted by molar-refractivity contribution is 5.44. The minimum atomic E-state index is -2.93. The van der Waals surface area contributed by atoms with Crippen molar-refractivity contribution in [2.24, 2.45) is 5.73 Å². The lowest BCUT2D eigenvalue weighted by atomic mass is 10.1. The second-order valence-corrected chi connectivity index (χ2v) is 3.78. The molecule has 1 aromatic heterocycles. The molecule has 20 heavy (non-hydrogen) atoms. The molecule has 0 aliphatic heterocycles. The largest absolute Gasteiger partial charge is 0.490 e. The van der Waals surface area contributed by atoms with Crippen LogP contribution in [0, 0.1) is 0 Å². The smallest absolute Gasteiger partial charge is 0.387 e.